The largest absolute Gasteiger partial charge is 0.623 e. The molecule has 1 unspecified atom stereocenters. The van der Waals surface area contributed by atoms with Gasteiger partial charge in [0.2, 0.25) is 5.91 Å². The van der Waals surface area contributed by atoms with Gasteiger partial charge in [-0.25, -0.2) is 0 Å². The van der Waals surface area contributed by atoms with E-state index in [4.69, 9.17) is 11.6 Å². The van der Waals surface area contributed by atoms with Gasteiger partial charge in [0.15, 0.2) is 12.0 Å². The lowest BCUT2D eigenvalue weighted by Crippen LogP contribution is -2.99. The average Bonchev–Trinajstić information content (AvgIpc) is 2.58. The van der Waals surface area contributed by atoms with Gasteiger partial charge in [-0.1, -0.05) is 11.6 Å². The number of fused-ring (bicyclic) bond motifs is 1. The predicted molar refractivity (Wildman–Crippen MR) is 67.5 cm³/mol. The van der Waals surface area contributed by atoms with E-state index in [0.717, 1.165) is 0 Å². The predicted octanol–water partition coefficient (Wildman–Crippen LogP) is 0.945. The number of quaternary nitrogens is 1. The minimum atomic E-state index is -0.424. The zero-order valence-corrected chi connectivity index (χ0v) is 10.2. The molecular weight excluding hydrogens is 258 g/mol. The number of nitrogens with one attached hydrogen (secondary N) is 2. The van der Waals surface area contributed by atoms with E-state index in [1.54, 1.807) is 6.07 Å². The lowest BCUT2D eigenvalue weighted by atomic mass is 10.2. The molecule has 6 nitrogen and oxygen atoms in total. The van der Waals surface area contributed by atoms with Crippen LogP contribution in [0.4, 0.5) is 17.1 Å². The SMILES string of the molecule is CC(=O)CC(=O)Nc1cc(Cl)c2c(c1)N=C[NH+]2[O-]. The lowest BCUT2D eigenvalue weighted by molar-refractivity contribution is -0.655. The molecule has 1 heterocycles. The quantitative estimate of drug-likeness (QED) is 0.631. The number of Topliss-reactive ketones (excluding diaryl/α,β-unsaturated/α-hetero) is 1. The van der Waals surface area contributed by atoms with Crippen molar-refractivity contribution in [1.82, 2.24) is 0 Å². The van der Waals surface area contributed by atoms with Crippen molar-refractivity contribution in [3.05, 3.63) is 22.4 Å². The first-order valence-corrected chi connectivity index (χ1v) is 5.56. The van der Waals surface area contributed by atoms with Gasteiger partial charge in [0.25, 0.3) is 0 Å². The number of anilines is 1. The molecule has 2 rings (SSSR count). The lowest BCUT2D eigenvalue weighted by Gasteiger charge is -2.13. The Labute approximate surface area is 108 Å². The summed E-state index contributed by atoms with van der Waals surface area (Å²) in [6.45, 7) is 1.33. The van der Waals surface area contributed by atoms with E-state index < -0.39 is 5.91 Å². The highest BCUT2D eigenvalue weighted by molar-refractivity contribution is 6.33. The number of benzene rings is 1. The van der Waals surface area contributed by atoms with Crippen LogP contribution in [0.15, 0.2) is 17.1 Å². The third-order valence-corrected chi connectivity index (χ3v) is 2.63. The summed E-state index contributed by atoms with van der Waals surface area (Å²) < 4.78 is 0. The minimum absolute atomic E-state index is 0.198. The zero-order chi connectivity index (χ0) is 13.3. The Kier molecular flexibility index (Phi) is 3.42. The maximum Gasteiger partial charge on any atom is 0.231 e. The summed E-state index contributed by atoms with van der Waals surface area (Å²) in [6.07, 6.45) is 0.981. The fraction of sp³-hybridized carbons (Fsp3) is 0.182. The molecule has 1 aliphatic heterocycles. The van der Waals surface area contributed by atoms with E-state index in [-0.39, 0.29) is 22.3 Å². The number of carbonyl (C=O) groups excluding carboxylic acids is 2. The summed E-state index contributed by atoms with van der Waals surface area (Å²) in [5.41, 5.74) is 1.17. The van der Waals surface area contributed by atoms with Crippen molar-refractivity contribution in [1.29, 1.82) is 0 Å². The number of nitrogens with zero attached hydrogens (tertiary/aromatic N) is 1. The van der Waals surface area contributed by atoms with Gasteiger partial charge in [-0.3, -0.25) is 14.7 Å². The molecule has 1 amide bonds. The highest BCUT2D eigenvalue weighted by atomic mass is 35.5. The maximum atomic E-state index is 11.4. The van der Waals surface area contributed by atoms with Crippen molar-refractivity contribution in [3.63, 3.8) is 0 Å². The molecule has 18 heavy (non-hydrogen) atoms. The van der Waals surface area contributed by atoms with Crippen LogP contribution in [0.3, 0.4) is 0 Å². The molecule has 7 heteroatoms. The van der Waals surface area contributed by atoms with Crippen LogP contribution in [0.1, 0.15) is 13.3 Å². The first-order valence-electron chi connectivity index (χ1n) is 5.18. The number of carbonyl (C=O) groups is 2. The Morgan fingerprint density at radius 3 is 2.89 bits per heavy atom. The summed E-state index contributed by atoms with van der Waals surface area (Å²) in [6, 6.07) is 3.01. The van der Waals surface area contributed by atoms with Gasteiger partial charge in [-0.15, -0.1) is 0 Å². The Hall–Kier alpha value is -1.76. The van der Waals surface area contributed by atoms with Gasteiger partial charge in [0, 0.05) is 5.69 Å². The van der Waals surface area contributed by atoms with Crippen LogP contribution in [-0.2, 0) is 9.59 Å². The van der Waals surface area contributed by atoms with Crippen LogP contribution in [0, 0.1) is 5.21 Å². The van der Waals surface area contributed by atoms with E-state index in [1.807, 2.05) is 0 Å². The number of rotatable bonds is 3. The molecule has 1 atom stereocenters. The van der Waals surface area contributed by atoms with Gasteiger partial charge in [0.1, 0.15) is 16.5 Å². The van der Waals surface area contributed by atoms with Crippen LogP contribution < -0.4 is 10.4 Å². The fourth-order valence-electron chi connectivity index (χ4n) is 1.63. The van der Waals surface area contributed by atoms with Crippen LogP contribution in [0.5, 0.6) is 0 Å². The molecule has 1 aliphatic rings. The molecule has 94 valence electrons. The third kappa shape index (κ3) is 2.56. The van der Waals surface area contributed by atoms with Crippen molar-refractivity contribution in [2.45, 2.75) is 13.3 Å². The normalized spacial score (nSPS) is 16.5. The van der Waals surface area contributed by atoms with Gasteiger partial charge >= 0.3 is 0 Å². The fourth-order valence-corrected chi connectivity index (χ4v) is 1.94. The number of amides is 1. The maximum absolute atomic E-state index is 11.4. The molecule has 0 radical (unpaired) electrons. The van der Waals surface area contributed by atoms with Gasteiger partial charge in [-0.2, -0.15) is 4.99 Å². The van der Waals surface area contributed by atoms with Gasteiger partial charge < -0.3 is 10.5 Å². The first kappa shape index (κ1) is 12.7. The van der Waals surface area contributed by atoms with Crippen molar-refractivity contribution in [2.24, 2.45) is 4.99 Å². The smallest absolute Gasteiger partial charge is 0.231 e. The summed E-state index contributed by atoms with van der Waals surface area (Å²) >= 11 is 5.94. The minimum Gasteiger partial charge on any atom is -0.623 e. The molecule has 0 bridgehead atoms. The second kappa shape index (κ2) is 4.85. The Balaban J connectivity index is 2.21. The van der Waals surface area contributed by atoms with E-state index >= 15 is 0 Å². The van der Waals surface area contributed by atoms with Crippen molar-refractivity contribution < 1.29 is 14.7 Å². The van der Waals surface area contributed by atoms with Gasteiger partial charge in [-0.05, 0) is 19.1 Å². The molecular formula is C11H10ClN3O3. The molecule has 0 spiro atoms. The second-order valence-corrected chi connectivity index (χ2v) is 4.31. The summed E-state index contributed by atoms with van der Waals surface area (Å²) in [4.78, 5) is 26.1. The number of hydrogen-bond donors (Lipinski definition) is 2. The molecule has 0 aliphatic carbocycles. The van der Waals surface area contributed by atoms with E-state index in [1.165, 1.54) is 19.3 Å². The highest BCUT2D eigenvalue weighted by Crippen LogP contribution is 2.34. The molecule has 0 fully saturated rings. The number of hydroxylamine groups is 1. The molecule has 0 saturated heterocycles. The Bertz CT molecular complexity index is 557. The van der Waals surface area contributed by atoms with Gasteiger partial charge in [0.05, 0.1) is 6.42 Å². The van der Waals surface area contributed by atoms with Crippen molar-refractivity contribution >= 4 is 46.7 Å². The summed E-state index contributed by atoms with van der Waals surface area (Å²) in [7, 11) is 0. The van der Waals surface area contributed by atoms with Crippen LogP contribution in [0.2, 0.25) is 5.02 Å². The monoisotopic (exact) mass is 267 g/mol. The third-order valence-electron chi connectivity index (χ3n) is 2.33. The van der Waals surface area contributed by atoms with E-state index in [9.17, 15) is 14.8 Å². The van der Waals surface area contributed by atoms with Crippen LogP contribution in [0.25, 0.3) is 0 Å². The zero-order valence-electron chi connectivity index (χ0n) is 9.49. The van der Waals surface area contributed by atoms with Crippen LogP contribution >= 0.6 is 11.6 Å². The first-order chi connectivity index (χ1) is 8.47. The average molecular weight is 268 g/mol. The van der Waals surface area contributed by atoms with Crippen molar-refractivity contribution in [2.75, 3.05) is 5.32 Å². The van der Waals surface area contributed by atoms with Crippen LogP contribution in [-0.4, -0.2) is 18.0 Å². The van der Waals surface area contributed by atoms with Crippen molar-refractivity contribution in [3.8, 4) is 0 Å². The summed E-state index contributed by atoms with van der Waals surface area (Å²) in [5.74, 6) is -0.653. The molecule has 1 aromatic carbocycles. The number of halogens is 1. The Morgan fingerprint density at radius 2 is 2.22 bits per heavy atom. The number of aliphatic imine (C=N–C) groups is 1. The second-order valence-electron chi connectivity index (χ2n) is 3.90. The van der Waals surface area contributed by atoms with E-state index in [2.05, 4.69) is 10.3 Å². The molecule has 2 N–H and O–H groups in total. The standard InChI is InChI=1S/C11H10ClN3O3/c1-6(16)2-10(17)14-7-3-8(12)11-9(4-7)13-5-15(11)18/h3-5,15H,2H2,1H3,(H,14,17). The van der Waals surface area contributed by atoms with E-state index in [0.29, 0.717) is 17.1 Å². The highest BCUT2D eigenvalue weighted by Gasteiger charge is 2.20. The summed E-state index contributed by atoms with van der Waals surface area (Å²) in [5, 5.41) is 13.9. The Morgan fingerprint density at radius 1 is 1.50 bits per heavy atom. The molecule has 0 saturated carbocycles. The molecule has 0 aromatic heterocycles. The topological polar surface area (TPSA) is 86.0 Å². The number of hydrogen-bond acceptors (Lipinski definition) is 4. The molecule has 1 aromatic rings. The number of ketones is 1.